The second-order valence-corrected chi connectivity index (χ2v) is 1.81. The van der Waals surface area contributed by atoms with Crippen molar-refractivity contribution in [3.05, 3.63) is 12.2 Å². The maximum atomic E-state index is 10.5. The molecular formula is C6H8NO. The zero-order valence-electron chi connectivity index (χ0n) is 4.85. The van der Waals surface area contributed by atoms with Crippen molar-refractivity contribution in [1.82, 2.24) is 4.90 Å². The van der Waals surface area contributed by atoms with Gasteiger partial charge in [0.15, 0.2) is 0 Å². The molecule has 0 fully saturated rings. The molecule has 43 valence electrons. The fourth-order valence-corrected chi connectivity index (χ4v) is 0.654. The van der Waals surface area contributed by atoms with E-state index in [0.29, 0.717) is 6.54 Å². The first-order chi connectivity index (χ1) is 3.80. The molecule has 1 amide bonds. The summed E-state index contributed by atoms with van der Waals surface area (Å²) in [6.07, 6.45) is 4.81. The van der Waals surface area contributed by atoms with Crippen molar-refractivity contribution in [1.29, 1.82) is 0 Å². The van der Waals surface area contributed by atoms with E-state index in [0.717, 1.165) is 6.54 Å². The van der Waals surface area contributed by atoms with Crippen molar-refractivity contribution in [3.63, 3.8) is 0 Å². The van der Waals surface area contributed by atoms with Crippen LogP contribution in [0, 0.1) is 6.08 Å². The van der Waals surface area contributed by atoms with Gasteiger partial charge in [-0.1, -0.05) is 6.08 Å². The van der Waals surface area contributed by atoms with Crippen molar-refractivity contribution < 1.29 is 4.79 Å². The summed E-state index contributed by atoms with van der Waals surface area (Å²) in [4.78, 5) is 12.2. The summed E-state index contributed by atoms with van der Waals surface area (Å²) in [6.45, 7) is 2.99. The molecule has 2 heteroatoms. The molecule has 0 N–H and O–H groups in total. The van der Waals surface area contributed by atoms with Gasteiger partial charge in [-0.15, -0.1) is 0 Å². The topological polar surface area (TPSA) is 20.3 Å². The second-order valence-electron chi connectivity index (χ2n) is 1.81. The lowest BCUT2D eigenvalue weighted by molar-refractivity contribution is -0.127. The van der Waals surface area contributed by atoms with Gasteiger partial charge in [0, 0.05) is 20.0 Å². The summed E-state index contributed by atoms with van der Waals surface area (Å²) in [6, 6.07) is 0. The van der Waals surface area contributed by atoms with Crippen LogP contribution in [-0.2, 0) is 4.79 Å². The van der Waals surface area contributed by atoms with Gasteiger partial charge < -0.3 is 4.90 Å². The van der Waals surface area contributed by atoms with E-state index in [1.807, 2.05) is 6.08 Å². The average molecular weight is 110 g/mol. The zero-order chi connectivity index (χ0) is 5.98. The Balaban J connectivity index is 2.41. The summed E-state index contributed by atoms with van der Waals surface area (Å²) in [5.74, 6) is 0.131. The van der Waals surface area contributed by atoms with Gasteiger partial charge in [-0.25, -0.2) is 0 Å². The van der Waals surface area contributed by atoms with Crippen LogP contribution in [0.4, 0.5) is 0 Å². The Morgan fingerprint density at radius 2 is 2.62 bits per heavy atom. The van der Waals surface area contributed by atoms with E-state index < -0.39 is 0 Å². The van der Waals surface area contributed by atoms with Crippen molar-refractivity contribution in [2.24, 2.45) is 0 Å². The van der Waals surface area contributed by atoms with Gasteiger partial charge in [0.2, 0.25) is 5.91 Å². The number of hydrogen-bond donors (Lipinski definition) is 0. The quantitative estimate of drug-likeness (QED) is 0.436. The molecule has 1 rings (SSSR count). The Hall–Kier alpha value is -0.790. The van der Waals surface area contributed by atoms with E-state index in [2.05, 4.69) is 6.08 Å². The molecule has 0 spiro atoms. The van der Waals surface area contributed by atoms with Crippen LogP contribution in [0.1, 0.15) is 6.92 Å². The summed E-state index contributed by atoms with van der Waals surface area (Å²) in [5, 5.41) is 0. The van der Waals surface area contributed by atoms with Crippen LogP contribution < -0.4 is 0 Å². The molecule has 0 bridgehead atoms. The molecular weight excluding hydrogens is 102 g/mol. The van der Waals surface area contributed by atoms with Crippen molar-refractivity contribution in [2.75, 3.05) is 13.1 Å². The molecule has 0 saturated heterocycles. The maximum Gasteiger partial charge on any atom is 0.220 e. The monoisotopic (exact) mass is 110 g/mol. The van der Waals surface area contributed by atoms with Crippen LogP contribution in [0.5, 0.6) is 0 Å². The molecule has 1 radical (unpaired) electrons. The number of nitrogens with zero attached hydrogens (tertiary/aromatic N) is 1. The van der Waals surface area contributed by atoms with Crippen LogP contribution in [0.15, 0.2) is 6.08 Å². The van der Waals surface area contributed by atoms with Gasteiger partial charge in [-0.3, -0.25) is 4.79 Å². The third-order valence-corrected chi connectivity index (χ3v) is 1.18. The standard InChI is InChI=1S/C6H8NO/c1-6(8)7-4-2-3-5-7/h2H,4-5H2,1H3. The molecule has 1 aliphatic heterocycles. The Morgan fingerprint density at radius 1 is 1.88 bits per heavy atom. The zero-order valence-corrected chi connectivity index (χ0v) is 4.85. The minimum absolute atomic E-state index is 0.131. The van der Waals surface area contributed by atoms with E-state index >= 15 is 0 Å². The summed E-state index contributed by atoms with van der Waals surface area (Å²) < 4.78 is 0. The Morgan fingerprint density at radius 3 is 2.88 bits per heavy atom. The fraction of sp³-hybridized carbons (Fsp3) is 0.500. The summed E-state index contributed by atoms with van der Waals surface area (Å²) in [5.41, 5.74) is 0. The van der Waals surface area contributed by atoms with Gasteiger partial charge in [-0.2, -0.15) is 0 Å². The molecule has 0 aliphatic carbocycles. The molecule has 0 aromatic carbocycles. The molecule has 1 heterocycles. The predicted molar refractivity (Wildman–Crippen MR) is 30.1 cm³/mol. The lowest BCUT2D eigenvalue weighted by Crippen LogP contribution is -2.25. The Bertz CT molecular complexity index is 120. The number of amides is 1. The first-order valence-electron chi connectivity index (χ1n) is 2.61. The highest BCUT2D eigenvalue weighted by atomic mass is 16.2. The number of carbonyl (C=O) groups is 1. The highest BCUT2D eigenvalue weighted by molar-refractivity contribution is 5.73. The lowest BCUT2D eigenvalue weighted by atomic mass is 10.6. The maximum absolute atomic E-state index is 10.5. The number of hydrogen-bond acceptors (Lipinski definition) is 1. The Labute approximate surface area is 48.8 Å². The smallest absolute Gasteiger partial charge is 0.220 e. The summed E-state index contributed by atoms with van der Waals surface area (Å²) in [7, 11) is 0. The number of rotatable bonds is 0. The highest BCUT2D eigenvalue weighted by Crippen LogP contribution is 1.96. The van der Waals surface area contributed by atoms with E-state index in [1.165, 1.54) is 0 Å². The van der Waals surface area contributed by atoms with Crippen molar-refractivity contribution >= 4 is 5.91 Å². The van der Waals surface area contributed by atoms with E-state index in [-0.39, 0.29) is 5.91 Å². The first-order valence-corrected chi connectivity index (χ1v) is 2.61. The van der Waals surface area contributed by atoms with E-state index in [4.69, 9.17) is 0 Å². The molecule has 1 aliphatic rings. The van der Waals surface area contributed by atoms with Crippen molar-refractivity contribution in [3.8, 4) is 0 Å². The minimum Gasteiger partial charge on any atom is -0.335 e. The molecule has 0 atom stereocenters. The van der Waals surface area contributed by atoms with Gasteiger partial charge in [-0.05, 0) is 6.08 Å². The SMILES string of the molecule is CC(=O)N1C[C]=CC1. The second kappa shape index (κ2) is 1.99. The molecule has 0 aromatic heterocycles. The summed E-state index contributed by atoms with van der Waals surface area (Å²) >= 11 is 0. The molecule has 0 aromatic rings. The van der Waals surface area contributed by atoms with Gasteiger partial charge in [0.05, 0.1) is 0 Å². The highest BCUT2D eigenvalue weighted by Gasteiger charge is 2.07. The normalized spacial score (nSPS) is 17.4. The average Bonchev–Trinajstić information content (AvgIpc) is 2.12. The molecule has 0 unspecified atom stereocenters. The van der Waals surface area contributed by atoms with Crippen molar-refractivity contribution in [2.45, 2.75) is 6.92 Å². The minimum atomic E-state index is 0.131. The van der Waals surface area contributed by atoms with Crippen LogP contribution in [0.25, 0.3) is 0 Å². The van der Waals surface area contributed by atoms with Gasteiger partial charge in [0.1, 0.15) is 0 Å². The van der Waals surface area contributed by atoms with Crippen LogP contribution in [0.2, 0.25) is 0 Å². The van der Waals surface area contributed by atoms with Crippen LogP contribution in [-0.4, -0.2) is 23.9 Å². The lowest BCUT2D eigenvalue weighted by Gasteiger charge is -2.10. The first kappa shape index (κ1) is 5.35. The number of carbonyl (C=O) groups excluding carboxylic acids is 1. The molecule has 8 heavy (non-hydrogen) atoms. The molecule has 0 saturated carbocycles. The molecule has 2 nitrogen and oxygen atoms in total. The third kappa shape index (κ3) is 0.886. The van der Waals surface area contributed by atoms with E-state index in [1.54, 1.807) is 11.8 Å². The predicted octanol–water partition coefficient (Wildman–Crippen LogP) is 0.208. The van der Waals surface area contributed by atoms with Crippen LogP contribution in [0.3, 0.4) is 0 Å². The van der Waals surface area contributed by atoms with Gasteiger partial charge in [0.25, 0.3) is 0 Å². The van der Waals surface area contributed by atoms with Gasteiger partial charge >= 0.3 is 0 Å². The largest absolute Gasteiger partial charge is 0.335 e. The Kier molecular flexibility index (Phi) is 1.33. The fourth-order valence-electron chi connectivity index (χ4n) is 0.654. The van der Waals surface area contributed by atoms with Crippen LogP contribution >= 0.6 is 0 Å². The third-order valence-electron chi connectivity index (χ3n) is 1.18. The van der Waals surface area contributed by atoms with E-state index in [9.17, 15) is 4.79 Å².